The molecular weight excluding hydrogens is 232 g/mol. The third kappa shape index (κ3) is 2.85. The van der Waals surface area contributed by atoms with Crippen LogP contribution < -0.4 is 10.4 Å². The van der Waals surface area contributed by atoms with Crippen LogP contribution in [0.3, 0.4) is 0 Å². The fourth-order valence-corrected chi connectivity index (χ4v) is 1.57. The third-order valence-electron chi connectivity index (χ3n) is 2.33. The van der Waals surface area contributed by atoms with Gasteiger partial charge in [0, 0.05) is 6.07 Å². The molecular formula is C14H12O4. The van der Waals surface area contributed by atoms with E-state index < -0.39 is 11.6 Å². The number of hydrogen-bond acceptors (Lipinski definition) is 4. The highest BCUT2D eigenvalue weighted by atomic mass is 16.5. The van der Waals surface area contributed by atoms with Gasteiger partial charge >= 0.3 is 11.6 Å². The molecule has 1 aromatic heterocycles. The summed E-state index contributed by atoms with van der Waals surface area (Å²) in [5.74, 6) is 0.0912. The van der Waals surface area contributed by atoms with Crippen molar-refractivity contribution in [3.05, 3.63) is 63.7 Å². The van der Waals surface area contributed by atoms with Gasteiger partial charge in [-0.1, -0.05) is 17.7 Å². The molecule has 0 N–H and O–H groups in total. The maximum atomic E-state index is 11.8. The van der Waals surface area contributed by atoms with Gasteiger partial charge in [-0.15, -0.1) is 0 Å². The smallest absolute Gasteiger partial charge is 0.343 e. The number of aryl methyl sites for hydroxylation is 2. The van der Waals surface area contributed by atoms with E-state index in [4.69, 9.17) is 9.15 Å². The van der Waals surface area contributed by atoms with Crippen molar-refractivity contribution in [2.45, 2.75) is 13.8 Å². The summed E-state index contributed by atoms with van der Waals surface area (Å²) >= 11 is 0. The fourth-order valence-electron chi connectivity index (χ4n) is 1.57. The lowest BCUT2D eigenvalue weighted by Gasteiger charge is -2.04. The topological polar surface area (TPSA) is 56.5 Å². The minimum atomic E-state index is -0.540. The standard InChI is InChI=1S/C14H12O4/c1-9-4-3-5-11(6-9)14(16)18-12-7-10(2)17-13(15)8-12/h3-8H,1-2H3. The van der Waals surface area contributed by atoms with Crippen LogP contribution in [0.25, 0.3) is 0 Å². The van der Waals surface area contributed by atoms with Crippen molar-refractivity contribution in [1.29, 1.82) is 0 Å². The average Bonchev–Trinajstić information content (AvgIpc) is 2.27. The first-order valence-corrected chi connectivity index (χ1v) is 5.45. The van der Waals surface area contributed by atoms with Crippen LogP contribution in [0.15, 0.2) is 45.6 Å². The largest absolute Gasteiger partial charge is 0.428 e. The Kier molecular flexibility index (Phi) is 3.28. The Morgan fingerprint density at radius 2 is 1.94 bits per heavy atom. The Morgan fingerprint density at radius 3 is 2.61 bits per heavy atom. The third-order valence-corrected chi connectivity index (χ3v) is 2.33. The summed E-state index contributed by atoms with van der Waals surface area (Å²) in [5.41, 5.74) is 0.871. The maximum Gasteiger partial charge on any atom is 0.343 e. The number of rotatable bonds is 2. The SMILES string of the molecule is Cc1cccc(C(=O)Oc2cc(C)oc(=O)c2)c1. The summed E-state index contributed by atoms with van der Waals surface area (Å²) in [6.07, 6.45) is 0. The van der Waals surface area contributed by atoms with Gasteiger partial charge in [-0.25, -0.2) is 9.59 Å². The van der Waals surface area contributed by atoms with Crippen LogP contribution in [0.4, 0.5) is 0 Å². The van der Waals surface area contributed by atoms with Gasteiger partial charge in [0.05, 0.1) is 11.6 Å². The number of benzene rings is 1. The van der Waals surface area contributed by atoms with E-state index in [9.17, 15) is 9.59 Å². The highest BCUT2D eigenvalue weighted by Gasteiger charge is 2.09. The van der Waals surface area contributed by atoms with Crippen molar-refractivity contribution < 1.29 is 13.9 Å². The van der Waals surface area contributed by atoms with E-state index in [1.54, 1.807) is 25.1 Å². The molecule has 4 nitrogen and oxygen atoms in total. The predicted molar refractivity (Wildman–Crippen MR) is 65.9 cm³/mol. The predicted octanol–water partition coefficient (Wildman–Crippen LogP) is 2.48. The number of esters is 1. The minimum Gasteiger partial charge on any atom is -0.428 e. The van der Waals surface area contributed by atoms with Crippen LogP contribution in [0.2, 0.25) is 0 Å². The molecule has 92 valence electrons. The quantitative estimate of drug-likeness (QED) is 0.761. The molecule has 18 heavy (non-hydrogen) atoms. The molecule has 0 aliphatic rings. The molecule has 2 aromatic rings. The zero-order valence-corrected chi connectivity index (χ0v) is 10.1. The summed E-state index contributed by atoms with van der Waals surface area (Å²) in [4.78, 5) is 23.0. The molecule has 0 aliphatic carbocycles. The molecule has 0 unspecified atom stereocenters. The van der Waals surface area contributed by atoms with Crippen LogP contribution in [-0.2, 0) is 0 Å². The molecule has 0 saturated heterocycles. The Morgan fingerprint density at radius 1 is 1.17 bits per heavy atom. The fraction of sp³-hybridized carbons (Fsp3) is 0.143. The second kappa shape index (κ2) is 4.87. The molecule has 4 heteroatoms. The minimum absolute atomic E-state index is 0.190. The molecule has 0 fully saturated rings. The van der Waals surface area contributed by atoms with Gasteiger partial charge in [0.15, 0.2) is 0 Å². The van der Waals surface area contributed by atoms with E-state index in [0.717, 1.165) is 11.6 Å². The monoisotopic (exact) mass is 244 g/mol. The number of carbonyl (C=O) groups is 1. The first-order valence-electron chi connectivity index (χ1n) is 5.45. The van der Waals surface area contributed by atoms with Crippen molar-refractivity contribution in [2.75, 3.05) is 0 Å². The van der Waals surface area contributed by atoms with Crippen molar-refractivity contribution in [1.82, 2.24) is 0 Å². The molecule has 1 aromatic carbocycles. The first-order chi connectivity index (χ1) is 8.54. The van der Waals surface area contributed by atoms with Gasteiger partial charge in [0.2, 0.25) is 0 Å². The molecule has 0 bridgehead atoms. The summed E-state index contributed by atoms with van der Waals surface area (Å²) in [7, 11) is 0. The number of ether oxygens (including phenoxy) is 1. The van der Waals surface area contributed by atoms with E-state index in [-0.39, 0.29) is 5.75 Å². The van der Waals surface area contributed by atoms with E-state index in [0.29, 0.717) is 11.3 Å². The van der Waals surface area contributed by atoms with Crippen LogP contribution in [-0.4, -0.2) is 5.97 Å². The van der Waals surface area contributed by atoms with Crippen LogP contribution in [0.5, 0.6) is 5.75 Å². The Balaban J connectivity index is 2.24. The highest BCUT2D eigenvalue weighted by Crippen LogP contribution is 2.13. The molecule has 0 aliphatic heterocycles. The highest BCUT2D eigenvalue weighted by molar-refractivity contribution is 5.91. The van der Waals surface area contributed by atoms with Crippen LogP contribution in [0, 0.1) is 13.8 Å². The van der Waals surface area contributed by atoms with E-state index in [1.807, 2.05) is 13.0 Å². The summed E-state index contributed by atoms with van der Waals surface area (Å²) in [5, 5.41) is 0. The summed E-state index contributed by atoms with van der Waals surface area (Å²) in [6.45, 7) is 3.50. The van der Waals surface area contributed by atoms with Gasteiger partial charge in [-0.2, -0.15) is 0 Å². The van der Waals surface area contributed by atoms with Crippen molar-refractivity contribution in [2.24, 2.45) is 0 Å². The molecule has 0 saturated carbocycles. The van der Waals surface area contributed by atoms with Gasteiger partial charge < -0.3 is 9.15 Å². The Hall–Kier alpha value is -2.36. The second-order valence-corrected chi connectivity index (χ2v) is 3.98. The van der Waals surface area contributed by atoms with Crippen LogP contribution in [0.1, 0.15) is 21.7 Å². The van der Waals surface area contributed by atoms with Crippen molar-refractivity contribution in [3.8, 4) is 5.75 Å². The lowest BCUT2D eigenvalue weighted by Crippen LogP contribution is -2.10. The maximum absolute atomic E-state index is 11.8. The molecule has 0 radical (unpaired) electrons. The number of hydrogen-bond donors (Lipinski definition) is 0. The second-order valence-electron chi connectivity index (χ2n) is 3.98. The zero-order valence-electron chi connectivity index (χ0n) is 10.1. The molecule has 2 rings (SSSR count). The van der Waals surface area contributed by atoms with Gasteiger partial charge in [-0.3, -0.25) is 0 Å². The van der Waals surface area contributed by atoms with Crippen molar-refractivity contribution >= 4 is 5.97 Å². The average molecular weight is 244 g/mol. The number of carbonyl (C=O) groups excluding carboxylic acids is 1. The Labute approximate surface area is 104 Å². The first kappa shape index (κ1) is 12.1. The van der Waals surface area contributed by atoms with E-state index in [1.165, 1.54) is 6.07 Å². The lowest BCUT2D eigenvalue weighted by molar-refractivity contribution is 0.0733. The molecule has 0 atom stereocenters. The van der Waals surface area contributed by atoms with E-state index >= 15 is 0 Å². The van der Waals surface area contributed by atoms with Crippen LogP contribution >= 0.6 is 0 Å². The molecule has 1 heterocycles. The summed E-state index contributed by atoms with van der Waals surface area (Å²) < 4.78 is 9.90. The molecule has 0 spiro atoms. The normalized spacial score (nSPS) is 10.1. The van der Waals surface area contributed by atoms with E-state index in [2.05, 4.69) is 0 Å². The Bertz CT molecular complexity index is 640. The van der Waals surface area contributed by atoms with Gasteiger partial charge in [0.25, 0.3) is 0 Å². The van der Waals surface area contributed by atoms with Gasteiger partial charge in [0.1, 0.15) is 11.5 Å². The summed E-state index contributed by atoms with van der Waals surface area (Å²) in [6, 6.07) is 9.68. The molecule has 0 amide bonds. The van der Waals surface area contributed by atoms with Crippen molar-refractivity contribution in [3.63, 3.8) is 0 Å². The zero-order chi connectivity index (χ0) is 13.1. The van der Waals surface area contributed by atoms with Gasteiger partial charge in [-0.05, 0) is 26.0 Å². The lowest BCUT2D eigenvalue weighted by atomic mass is 10.1.